The number of hydrogen-bond donors (Lipinski definition) is 1. The Balaban J connectivity index is 1.62. The average Bonchev–Trinajstić information content (AvgIpc) is 3.31. The van der Waals surface area contributed by atoms with Crippen LogP contribution in [0.4, 0.5) is 0 Å². The molecule has 0 saturated carbocycles. The fraction of sp³-hybridized carbons (Fsp3) is 0.350. The lowest BCUT2D eigenvalue weighted by atomic mass is 10.2. The molecule has 4 nitrogen and oxygen atoms in total. The summed E-state index contributed by atoms with van der Waals surface area (Å²) in [6, 6.07) is 11.9. The quantitative estimate of drug-likeness (QED) is 0.692. The first kappa shape index (κ1) is 17.6. The summed E-state index contributed by atoms with van der Waals surface area (Å²) < 4.78 is 8.81. The molecule has 1 atom stereocenters. The van der Waals surface area contributed by atoms with Crippen molar-refractivity contribution in [3.05, 3.63) is 57.6 Å². The molecule has 26 heavy (non-hydrogen) atoms. The summed E-state index contributed by atoms with van der Waals surface area (Å²) >= 11 is 7.84. The topological polar surface area (TPSA) is 43.3 Å². The van der Waals surface area contributed by atoms with E-state index in [1.807, 2.05) is 30.3 Å². The van der Waals surface area contributed by atoms with Gasteiger partial charge in [-0.15, -0.1) is 11.3 Å². The molecule has 136 valence electrons. The molecule has 1 aliphatic rings. The van der Waals surface area contributed by atoms with Crippen molar-refractivity contribution in [2.45, 2.75) is 32.4 Å². The third kappa shape index (κ3) is 3.65. The third-order valence-electron chi connectivity index (χ3n) is 4.69. The van der Waals surface area contributed by atoms with Crippen LogP contribution in [0.15, 0.2) is 36.4 Å². The molecule has 1 amide bonds. The minimum atomic E-state index is -0.0522. The number of thiophene rings is 1. The van der Waals surface area contributed by atoms with E-state index < -0.39 is 0 Å². The molecule has 0 spiro atoms. The van der Waals surface area contributed by atoms with Gasteiger partial charge in [-0.3, -0.25) is 4.79 Å². The van der Waals surface area contributed by atoms with Gasteiger partial charge in [0, 0.05) is 29.6 Å². The van der Waals surface area contributed by atoms with Crippen LogP contribution in [0.5, 0.6) is 0 Å². The number of halogens is 1. The molecular formula is C20H21ClN2O2S. The van der Waals surface area contributed by atoms with Crippen molar-refractivity contribution in [3.8, 4) is 0 Å². The lowest BCUT2D eigenvalue weighted by Gasteiger charge is -2.13. The van der Waals surface area contributed by atoms with Gasteiger partial charge in [-0.1, -0.05) is 23.7 Å². The van der Waals surface area contributed by atoms with Crippen LogP contribution < -0.4 is 5.32 Å². The summed E-state index contributed by atoms with van der Waals surface area (Å²) in [7, 11) is 0. The van der Waals surface area contributed by atoms with Gasteiger partial charge in [0.2, 0.25) is 0 Å². The summed E-state index contributed by atoms with van der Waals surface area (Å²) in [4.78, 5) is 14.1. The van der Waals surface area contributed by atoms with Gasteiger partial charge in [0.25, 0.3) is 5.91 Å². The number of carbonyl (C=O) groups excluding carboxylic acids is 1. The second-order valence-corrected chi connectivity index (χ2v) is 8.42. The maximum absolute atomic E-state index is 12.8. The number of rotatable bonds is 5. The van der Waals surface area contributed by atoms with E-state index in [4.69, 9.17) is 16.3 Å². The number of carbonyl (C=O) groups is 1. The van der Waals surface area contributed by atoms with E-state index in [1.165, 1.54) is 4.88 Å². The van der Waals surface area contributed by atoms with Crippen molar-refractivity contribution in [2.24, 2.45) is 0 Å². The normalized spacial score (nSPS) is 17.1. The van der Waals surface area contributed by atoms with Crippen molar-refractivity contribution in [1.29, 1.82) is 0 Å². The molecular weight excluding hydrogens is 368 g/mol. The number of amides is 1. The number of fused-ring (bicyclic) bond motifs is 1. The fourth-order valence-electron chi connectivity index (χ4n) is 3.44. The molecule has 0 aliphatic carbocycles. The Labute approximate surface area is 161 Å². The number of nitrogens with zero attached hydrogens (tertiary/aromatic N) is 1. The van der Waals surface area contributed by atoms with E-state index in [9.17, 15) is 4.79 Å². The van der Waals surface area contributed by atoms with Crippen molar-refractivity contribution in [3.63, 3.8) is 0 Å². The zero-order chi connectivity index (χ0) is 18.1. The summed E-state index contributed by atoms with van der Waals surface area (Å²) in [5.74, 6) is -0.0522. The van der Waals surface area contributed by atoms with Crippen LogP contribution in [0.2, 0.25) is 5.02 Å². The molecule has 3 heterocycles. The van der Waals surface area contributed by atoms with Gasteiger partial charge in [0.05, 0.1) is 16.3 Å². The predicted octanol–water partition coefficient (Wildman–Crippen LogP) is 4.62. The molecule has 6 heteroatoms. The van der Waals surface area contributed by atoms with Crippen molar-refractivity contribution >= 4 is 39.1 Å². The second-order valence-electron chi connectivity index (χ2n) is 6.70. The first-order chi connectivity index (χ1) is 12.6. The maximum atomic E-state index is 12.8. The predicted molar refractivity (Wildman–Crippen MR) is 106 cm³/mol. The highest BCUT2D eigenvalue weighted by Gasteiger charge is 2.20. The van der Waals surface area contributed by atoms with Crippen molar-refractivity contribution < 1.29 is 9.53 Å². The Bertz CT molecular complexity index is 941. The lowest BCUT2D eigenvalue weighted by Crippen LogP contribution is -2.33. The summed E-state index contributed by atoms with van der Waals surface area (Å²) in [6.45, 7) is 4.06. The molecule has 1 saturated heterocycles. The lowest BCUT2D eigenvalue weighted by molar-refractivity contribution is 0.0851. The average molecular weight is 389 g/mol. The Morgan fingerprint density at radius 1 is 1.38 bits per heavy atom. The van der Waals surface area contributed by atoms with Gasteiger partial charge in [0.15, 0.2) is 0 Å². The van der Waals surface area contributed by atoms with Crippen LogP contribution >= 0.6 is 22.9 Å². The van der Waals surface area contributed by atoms with Gasteiger partial charge in [-0.05, 0) is 49.6 Å². The van der Waals surface area contributed by atoms with Crippen LogP contribution in [0, 0.1) is 6.92 Å². The number of ether oxygens (including phenoxy) is 1. The SMILES string of the molecule is Cc1cc2c(cc(C(=O)NC[C@@H]3CCCO3)n2Cc2cccc(Cl)c2)s1. The van der Waals surface area contributed by atoms with E-state index >= 15 is 0 Å². The molecule has 1 aromatic carbocycles. The zero-order valence-electron chi connectivity index (χ0n) is 14.6. The summed E-state index contributed by atoms with van der Waals surface area (Å²) in [5, 5.41) is 3.74. The Kier molecular flexibility index (Phi) is 5.02. The zero-order valence-corrected chi connectivity index (χ0v) is 16.2. The first-order valence-electron chi connectivity index (χ1n) is 8.84. The van der Waals surface area contributed by atoms with Gasteiger partial charge in [0.1, 0.15) is 5.69 Å². The first-order valence-corrected chi connectivity index (χ1v) is 10.0. The van der Waals surface area contributed by atoms with Crippen LogP contribution in [-0.4, -0.2) is 29.7 Å². The van der Waals surface area contributed by atoms with Crippen molar-refractivity contribution in [2.75, 3.05) is 13.2 Å². The highest BCUT2D eigenvalue weighted by molar-refractivity contribution is 7.19. The second kappa shape index (κ2) is 7.43. The van der Waals surface area contributed by atoms with Crippen LogP contribution in [0.1, 0.15) is 33.8 Å². The van der Waals surface area contributed by atoms with E-state index in [0.29, 0.717) is 23.8 Å². The standard InChI is InChI=1S/C20H21ClN2O2S/c1-13-8-17-19(26-13)10-18(20(24)22-11-16-6-3-7-25-16)23(17)12-14-4-2-5-15(21)9-14/h2,4-5,8-10,16H,3,6-7,11-12H2,1H3,(H,22,24)/t16-/m0/s1. The number of nitrogens with one attached hydrogen (secondary N) is 1. The molecule has 0 unspecified atom stereocenters. The third-order valence-corrected chi connectivity index (χ3v) is 5.91. The van der Waals surface area contributed by atoms with E-state index in [1.54, 1.807) is 11.3 Å². The minimum absolute atomic E-state index is 0.0522. The van der Waals surface area contributed by atoms with Crippen molar-refractivity contribution in [1.82, 2.24) is 9.88 Å². The molecule has 0 bridgehead atoms. The minimum Gasteiger partial charge on any atom is -0.376 e. The highest BCUT2D eigenvalue weighted by atomic mass is 35.5. The molecule has 3 aromatic rings. The van der Waals surface area contributed by atoms with E-state index in [2.05, 4.69) is 22.9 Å². The van der Waals surface area contributed by atoms with Crippen LogP contribution in [0.3, 0.4) is 0 Å². The van der Waals surface area contributed by atoms with Crippen LogP contribution in [0.25, 0.3) is 10.2 Å². The molecule has 2 aromatic heterocycles. The van der Waals surface area contributed by atoms with Gasteiger partial charge in [-0.25, -0.2) is 0 Å². The number of hydrogen-bond acceptors (Lipinski definition) is 3. The largest absolute Gasteiger partial charge is 0.376 e. The number of aromatic nitrogens is 1. The number of benzene rings is 1. The van der Waals surface area contributed by atoms with Gasteiger partial charge >= 0.3 is 0 Å². The smallest absolute Gasteiger partial charge is 0.268 e. The van der Waals surface area contributed by atoms with Gasteiger partial charge in [-0.2, -0.15) is 0 Å². The Morgan fingerprint density at radius 3 is 3.04 bits per heavy atom. The Morgan fingerprint density at radius 2 is 2.27 bits per heavy atom. The summed E-state index contributed by atoms with van der Waals surface area (Å²) in [6.07, 6.45) is 2.22. The molecule has 1 fully saturated rings. The highest BCUT2D eigenvalue weighted by Crippen LogP contribution is 2.29. The molecule has 0 radical (unpaired) electrons. The van der Waals surface area contributed by atoms with Crippen LogP contribution in [-0.2, 0) is 11.3 Å². The van der Waals surface area contributed by atoms with Gasteiger partial charge < -0.3 is 14.6 Å². The fourth-order valence-corrected chi connectivity index (χ4v) is 4.62. The molecule has 4 rings (SSSR count). The van der Waals surface area contributed by atoms with E-state index in [0.717, 1.165) is 35.2 Å². The molecule has 1 aliphatic heterocycles. The molecule has 1 N–H and O–H groups in total. The summed E-state index contributed by atoms with van der Waals surface area (Å²) in [5.41, 5.74) is 2.85. The monoisotopic (exact) mass is 388 g/mol. The Hall–Kier alpha value is -1.82. The maximum Gasteiger partial charge on any atom is 0.268 e. The van der Waals surface area contributed by atoms with E-state index in [-0.39, 0.29) is 12.0 Å². The number of aryl methyl sites for hydroxylation is 1.